The minimum absolute atomic E-state index is 0.238. The number of amides is 3. The molecule has 8 heteroatoms. The standard InChI is InChI=1S/C29H25N5O3/c1-20-7-5-10-26(31-20)33-25(28(35)34(29(33)36)27-11-6-8-21(2)32-27)17-14-22-12-15-24(16-13-22)37-19-23-9-3-4-18-30-23/h3-13,15-18H,14,19H2,1-2H3/b25-17-. The summed E-state index contributed by atoms with van der Waals surface area (Å²) < 4.78 is 5.81. The number of pyridine rings is 3. The summed E-state index contributed by atoms with van der Waals surface area (Å²) in [6.45, 7) is 4.03. The van der Waals surface area contributed by atoms with Crippen molar-refractivity contribution in [2.75, 3.05) is 9.80 Å². The van der Waals surface area contributed by atoms with E-state index in [1.54, 1.807) is 30.5 Å². The van der Waals surface area contributed by atoms with Gasteiger partial charge < -0.3 is 4.74 Å². The lowest BCUT2D eigenvalue weighted by atomic mass is 10.1. The van der Waals surface area contributed by atoms with Crippen LogP contribution in [0.4, 0.5) is 16.4 Å². The fourth-order valence-corrected chi connectivity index (χ4v) is 3.99. The molecule has 184 valence electrons. The Morgan fingerprint density at radius 1 is 0.784 bits per heavy atom. The molecule has 1 saturated heterocycles. The quantitative estimate of drug-likeness (QED) is 0.262. The van der Waals surface area contributed by atoms with E-state index in [4.69, 9.17) is 4.74 Å². The van der Waals surface area contributed by atoms with Gasteiger partial charge in [-0.3, -0.25) is 9.78 Å². The smallest absolute Gasteiger partial charge is 0.343 e. The van der Waals surface area contributed by atoms with Crippen molar-refractivity contribution in [3.05, 3.63) is 119 Å². The van der Waals surface area contributed by atoms with Crippen LogP contribution in [0, 0.1) is 13.8 Å². The van der Waals surface area contributed by atoms with E-state index in [9.17, 15) is 9.59 Å². The zero-order chi connectivity index (χ0) is 25.8. The minimum Gasteiger partial charge on any atom is -0.487 e. The van der Waals surface area contributed by atoms with Gasteiger partial charge in [-0.15, -0.1) is 0 Å². The number of allylic oxidation sites excluding steroid dienone is 1. The number of hydrogen-bond acceptors (Lipinski definition) is 6. The highest BCUT2D eigenvalue weighted by Crippen LogP contribution is 2.31. The number of aryl methyl sites for hydroxylation is 2. The van der Waals surface area contributed by atoms with Gasteiger partial charge in [0, 0.05) is 17.6 Å². The zero-order valence-corrected chi connectivity index (χ0v) is 20.5. The maximum Gasteiger partial charge on any atom is 0.343 e. The minimum atomic E-state index is -0.509. The van der Waals surface area contributed by atoms with Crippen molar-refractivity contribution in [3.8, 4) is 5.75 Å². The summed E-state index contributed by atoms with van der Waals surface area (Å²) in [5, 5.41) is 0. The second-order valence-corrected chi connectivity index (χ2v) is 8.58. The highest BCUT2D eigenvalue weighted by molar-refractivity contribution is 6.33. The van der Waals surface area contributed by atoms with Gasteiger partial charge in [-0.05, 0) is 74.4 Å². The summed E-state index contributed by atoms with van der Waals surface area (Å²) in [4.78, 5) is 42.6. The number of carbonyl (C=O) groups is 2. The number of aromatic nitrogens is 3. The molecule has 37 heavy (non-hydrogen) atoms. The highest BCUT2D eigenvalue weighted by atomic mass is 16.5. The van der Waals surface area contributed by atoms with Crippen LogP contribution in [-0.4, -0.2) is 26.9 Å². The highest BCUT2D eigenvalue weighted by Gasteiger charge is 2.44. The molecule has 4 aromatic rings. The summed E-state index contributed by atoms with van der Waals surface area (Å²) in [7, 11) is 0. The SMILES string of the molecule is Cc1cccc(N2C(=O)/C(=C/Cc3ccc(OCc4ccccn4)cc3)N(c3cccc(C)n3)C2=O)n1. The summed E-state index contributed by atoms with van der Waals surface area (Å²) in [6.07, 6.45) is 3.92. The van der Waals surface area contributed by atoms with Crippen LogP contribution in [0.2, 0.25) is 0 Å². The fraction of sp³-hybridized carbons (Fsp3) is 0.138. The van der Waals surface area contributed by atoms with Gasteiger partial charge >= 0.3 is 6.03 Å². The number of carbonyl (C=O) groups excluding carboxylic acids is 2. The van der Waals surface area contributed by atoms with Crippen molar-refractivity contribution < 1.29 is 14.3 Å². The number of hydrogen-bond donors (Lipinski definition) is 0. The van der Waals surface area contributed by atoms with Gasteiger partial charge in [-0.2, -0.15) is 0 Å². The summed E-state index contributed by atoms with van der Waals surface area (Å²) >= 11 is 0. The molecule has 0 unspecified atom stereocenters. The largest absolute Gasteiger partial charge is 0.487 e. The lowest BCUT2D eigenvalue weighted by Crippen LogP contribution is -2.34. The Morgan fingerprint density at radius 3 is 2.08 bits per heavy atom. The molecule has 5 rings (SSSR count). The Morgan fingerprint density at radius 2 is 1.46 bits per heavy atom. The maximum absolute atomic E-state index is 13.5. The van der Waals surface area contributed by atoms with Gasteiger partial charge in [0.05, 0.1) is 5.69 Å². The normalized spacial score (nSPS) is 14.5. The van der Waals surface area contributed by atoms with E-state index >= 15 is 0 Å². The van der Waals surface area contributed by atoms with Crippen molar-refractivity contribution in [1.82, 2.24) is 15.0 Å². The van der Waals surface area contributed by atoms with Crippen LogP contribution < -0.4 is 14.5 Å². The number of urea groups is 1. The molecule has 3 aromatic heterocycles. The van der Waals surface area contributed by atoms with E-state index in [0.717, 1.165) is 27.6 Å². The number of imide groups is 1. The third-order valence-electron chi connectivity index (χ3n) is 5.82. The van der Waals surface area contributed by atoms with E-state index in [1.165, 1.54) is 4.90 Å². The Balaban J connectivity index is 1.39. The molecule has 0 spiro atoms. The van der Waals surface area contributed by atoms with Crippen molar-refractivity contribution in [2.45, 2.75) is 26.9 Å². The molecule has 0 aliphatic carbocycles. The molecule has 3 amide bonds. The van der Waals surface area contributed by atoms with Crippen molar-refractivity contribution >= 4 is 23.6 Å². The van der Waals surface area contributed by atoms with Crippen LogP contribution in [-0.2, 0) is 17.8 Å². The summed E-state index contributed by atoms with van der Waals surface area (Å²) in [5.41, 5.74) is 3.49. The molecule has 8 nitrogen and oxygen atoms in total. The van der Waals surface area contributed by atoms with Gasteiger partial charge in [0.1, 0.15) is 29.7 Å². The number of anilines is 2. The lowest BCUT2D eigenvalue weighted by Gasteiger charge is -2.16. The molecule has 1 aliphatic heterocycles. The molecule has 1 aromatic carbocycles. The molecule has 1 fully saturated rings. The van der Waals surface area contributed by atoms with E-state index in [1.807, 2.05) is 74.5 Å². The molecule has 1 aliphatic rings. The van der Waals surface area contributed by atoms with E-state index in [2.05, 4.69) is 15.0 Å². The molecule has 0 radical (unpaired) electrons. The molecule has 4 heterocycles. The Hall–Kier alpha value is -4.85. The fourth-order valence-electron chi connectivity index (χ4n) is 3.99. The first-order valence-corrected chi connectivity index (χ1v) is 11.9. The number of nitrogens with zero attached hydrogens (tertiary/aromatic N) is 5. The predicted octanol–water partition coefficient (Wildman–Crippen LogP) is 5.17. The van der Waals surface area contributed by atoms with Gasteiger partial charge in [-0.25, -0.2) is 24.6 Å². The third kappa shape index (κ3) is 5.23. The molecular formula is C29H25N5O3. The van der Waals surface area contributed by atoms with Gasteiger partial charge in [-0.1, -0.05) is 36.4 Å². The summed E-state index contributed by atoms with van der Waals surface area (Å²) in [5.74, 6) is 0.946. The Labute approximate surface area is 214 Å². The second-order valence-electron chi connectivity index (χ2n) is 8.58. The first-order chi connectivity index (χ1) is 18.0. The molecule has 0 saturated carbocycles. The predicted molar refractivity (Wildman–Crippen MR) is 140 cm³/mol. The number of benzene rings is 1. The van der Waals surface area contributed by atoms with Crippen molar-refractivity contribution in [2.24, 2.45) is 0 Å². The third-order valence-corrected chi connectivity index (χ3v) is 5.82. The lowest BCUT2D eigenvalue weighted by molar-refractivity contribution is -0.113. The average Bonchev–Trinajstić information content (AvgIpc) is 3.16. The van der Waals surface area contributed by atoms with Crippen LogP contribution in [0.25, 0.3) is 0 Å². The van der Waals surface area contributed by atoms with Gasteiger partial charge in [0.2, 0.25) is 0 Å². The topological polar surface area (TPSA) is 88.5 Å². The van der Waals surface area contributed by atoms with Gasteiger partial charge in [0.25, 0.3) is 5.91 Å². The molecule has 0 bridgehead atoms. The number of rotatable bonds is 7. The molecule has 0 N–H and O–H groups in total. The first kappa shape index (κ1) is 23.9. The van der Waals surface area contributed by atoms with Crippen LogP contribution in [0.1, 0.15) is 22.6 Å². The van der Waals surface area contributed by atoms with E-state index < -0.39 is 11.9 Å². The van der Waals surface area contributed by atoms with Gasteiger partial charge in [0.15, 0.2) is 0 Å². The van der Waals surface area contributed by atoms with Crippen LogP contribution in [0.5, 0.6) is 5.75 Å². The van der Waals surface area contributed by atoms with E-state index in [0.29, 0.717) is 24.5 Å². The first-order valence-electron chi connectivity index (χ1n) is 11.9. The zero-order valence-electron chi connectivity index (χ0n) is 20.5. The van der Waals surface area contributed by atoms with Crippen molar-refractivity contribution in [3.63, 3.8) is 0 Å². The average molecular weight is 492 g/mol. The van der Waals surface area contributed by atoms with Crippen LogP contribution in [0.3, 0.4) is 0 Å². The Bertz CT molecular complexity index is 1470. The second kappa shape index (κ2) is 10.4. The van der Waals surface area contributed by atoms with E-state index in [-0.39, 0.29) is 11.5 Å². The monoisotopic (exact) mass is 491 g/mol. The summed E-state index contributed by atoms with van der Waals surface area (Å²) in [6, 6.07) is 23.4. The molecular weight excluding hydrogens is 466 g/mol. The van der Waals surface area contributed by atoms with Crippen LogP contribution >= 0.6 is 0 Å². The Kier molecular flexibility index (Phi) is 6.72. The van der Waals surface area contributed by atoms with Crippen molar-refractivity contribution in [1.29, 1.82) is 0 Å². The number of ether oxygens (including phenoxy) is 1. The maximum atomic E-state index is 13.5. The van der Waals surface area contributed by atoms with Crippen LogP contribution in [0.15, 0.2) is 96.8 Å². The molecule has 0 atom stereocenters.